The number of nitro benzene ring substituents is 1. The van der Waals surface area contributed by atoms with Crippen molar-refractivity contribution < 1.29 is 24.0 Å². The summed E-state index contributed by atoms with van der Waals surface area (Å²) < 4.78 is 5.49. The van der Waals surface area contributed by atoms with Crippen LogP contribution in [-0.2, 0) is 9.59 Å². The summed E-state index contributed by atoms with van der Waals surface area (Å²) >= 11 is 0. The van der Waals surface area contributed by atoms with Gasteiger partial charge in [0.1, 0.15) is 11.3 Å². The number of non-ortho nitro benzene ring substituents is 1. The average Bonchev–Trinajstić information content (AvgIpc) is 2.67. The van der Waals surface area contributed by atoms with Crippen LogP contribution >= 0.6 is 0 Å². The molecule has 0 bridgehead atoms. The number of ether oxygens (including phenoxy) is 1. The molecule has 3 rings (SSSR count). The van der Waals surface area contributed by atoms with E-state index in [-0.39, 0.29) is 16.9 Å². The van der Waals surface area contributed by atoms with Gasteiger partial charge in [0.2, 0.25) is 0 Å². The molecule has 1 fully saturated rings. The largest absolute Gasteiger partial charge is 0.493 e. The number of rotatable bonds is 5. The van der Waals surface area contributed by atoms with Gasteiger partial charge < -0.3 is 4.74 Å². The van der Waals surface area contributed by atoms with Gasteiger partial charge in [0.05, 0.1) is 17.2 Å². The van der Waals surface area contributed by atoms with Gasteiger partial charge in [-0.15, -0.1) is 0 Å². The van der Waals surface area contributed by atoms with Crippen LogP contribution in [-0.4, -0.2) is 29.4 Å². The number of imide groups is 2. The maximum atomic E-state index is 12.8. The number of anilines is 1. The second-order valence-corrected chi connectivity index (χ2v) is 5.70. The highest BCUT2D eigenvalue weighted by Crippen LogP contribution is 2.26. The molecule has 0 saturated carbocycles. The van der Waals surface area contributed by atoms with E-state index in [2.05, 4.69) is 5.32 Å². The number of para-hydroxylation sites is 1. The van der Waals surface area contributed by atoms with Gasteiger partial charge in [-0.05, 0) is 31.2 Å². The molecule has 0 aromatic heterocycles. The van der Waals surface area contributed by atoms with Crippen LogP contribution in [0, 0.1) is 10.1 Å². The van der Waals surface area contributed by atoms with Crippen molar-refractivity contribution in [3.63, 3.8) is 0 Å². The van der Waals surface area contributed by atoms with Crippen LogP contribution < -0.4 is 15.0 Å². The van der Waals surface area contributed by atoms with Crippen LogP contribution in [0.4, 0.5) is 16.2 Å². The Balaban J connectivity index is 2.00. The Kier molecular flexibility index (Phi) is 5.16. The third-order valence-electron chi connectivity index (χ3n) is 3.94. The zero-order valence-electron chi connectivity index (χ0n) is 14.7. The number of nitro groups is 1. The first-order valence-corrected chi connectivity index (χ1v) is 8.30. The van der Waals surface area contributed by atoms with Crippen molar-refractivity contribution in [2.24, 2.45) is 0 Å². The molecule has 1 saturated heterocycles. The van der Waals surface area contributed by atoms with E-state index in [9.17, 15) is 24.5 Å². The van der Waals surface area contributed by atoms with Crippen molar-refractivity contribution >= 4 is 35.3 Å². The zero-order chi connectivity index (χ0) is 20.3. The van der Waals surface area contributed by atoms with Gasteiger partial charge in [0.25, 0.3) is 17.5 Å². The van der Waals surface area contributed by atoms with Crippen molar-refractivity contribution in [1.82, 2.24) is 5.32 Å². The molecule has 9 nitrogen and oxygen atoms in total. The molecule has 0 unspecified atom stereocenters. The molecule has 0 spiro atoms. The Bertz CT molecular complexity index is 997. The summed E-state index contributed by atoms with van der Waals surface area (Å²) in [5.41, 5.74) is 0.154. The first-order chi connectivity index (χ1) is 13.4. The topological polar surface area (TPSA) is 119 Å². The van der Waals surface area contributed by atoms with E-state index in [1.54, 1.807) is 31.2 Å². The van der Waals surface area contributed by atoms with Gasteiger partial charge in [0.15, 0.2) is 0 Å². The van der Waals surface area contributed by atoms with Gasteiger partial charge in [-0.2, -0.15) is 0 Å². The van der Waals surface area contributed by atoms with E-state index in [0.717, 1.165) is 4.90 Å². The summed E-state index contributed by atoms with van der Waals surface area (Å²) in [6.07, 6.45) is 1.34. The maximum Gasteiger partial charge on any atom is 0.335 e. The van der Waals surface area contributed by atoms with Crippen LogP contribution in [0.1, 0.15) is 12.5 Å². The van der Waals surface area contributed by atoms with Crippen molar-refractivity contribution in [1.29, 1.82) is 0 Å². The van der Waals surface area contributed by atoms with Crippen molar-refractivity contribution in [2.75, 3.05) is 11.5 Å². The predicted octanol–water partition coefficient (Wildman–Crippen LogP) is 2.66. The second kappa shape index (κ2) is 7.70. The number of nitrogens with one attached hydrogen (secondary N) is 1. The third kappa shape index (κ3) is 3.58. The van der Waals surface area contributed by atoms with E-state index >= 15 is 0 Å². The monoisotopic (exact) mass is 381 g/mol. The van der Waals surface area contributed by atoms with E-state index in [1.807, 2.05) is 0 Å². The number of benzene rings is 2. The molecule has 142 valence electrons. The first-order valence-electron chi connectivity index (χ1n) is 8.30. The lowest BCUT2D eigenvalue weighted by Crippen LogP contribution is -2.54. The molecule has 4 amide bonds. The van der Waals surface area contributed by atoms with E-state index in [1.165, 1.54) is 30.3 Å². The molecule has 2 aromatic carbocycles. The Morgan fingerprint density at radius 3 is 2.43 bits per heavy atom. The van der Waals surface area contributed by atoms with E-state index < -0.39 is 22.8 Å². The number of carbonyl (C=O) groups excluding carboxylic acids is 3. The highest BCUT2D eigenvalue weighted by atomic mass is 16.6. The number of barbiturate groups is 1. The summed E-state index contributed by atoms with van der Waals surface area (Å²) in [5, 5.41) is 12.9. The molecule has 1 aliphatic rings. The minimum atomic E-state index is -0.931. The molecule has 0 aliphatic carbocycles. The Labute approximate surface area is 159 Å². The number of amides is 4. The van der Waals surface area contributed by atoms with Gasteiger partial charge in [-0.25, -0.2) is 9.69 Å². The number of hydrogen-bond acceptors (Lipinski definition) is 6. The summed E-state index contributed by atoms with van der Waals surface area (Å²) in [7, 11) is 0. The Morgan fingerprint density at radius 1 is 1.11 bits per heavy atom. The van der Waals surface area contributed by atoms with Crippen LogP contribution in [0.25, 0.3) is 6.08 Å². The Hall–Kier alpha value is -4.01. The van der Waals surface area contributed by atoms with Crippen molar-refractivity contribution in [2.45, 2.75) is 6.92 Å². The number of nitrogens with zero attached hydrogens (tertiary/aromatic N) is 2. The molecule has 0 radical (unpaired) electrons. The summed E-state index contributed by atoms with van der Waals surface area (Å²) in [6, 6.07) is 10.8. The van der Waals surface area contributed by atoms with Crippen LogP contribution in [0.5, 0.6) is 5.75 Å². The molecule has 0 atom stereocenters. The second-order valence-electron chi connectivity index (χ2n) is 5.70. The normalized spacial score (nSPS) is 15.5. The fourth-order valence-corrected chi connectivity index (χ4v) is 2.66. The molecule has 1 N–H and O–H groups in total. The smallest absolute Gasteiger partial charge is 0.335 e. The SMILES string of the molecule is CCOc1ccccc1/C=C1\C(=O)NC(=O)N(c2ccc([N+](=O)[O-])cc2)C1=O. The van der Waals surface area contributed by atoms with E-state index in [0.29, 0.717) is 17.9 Å². The van der Waals surface area contributed by atoms with Crippen LogP contribution in [0.2, 0.25) is 0 Å². The first kappa shape index (κ1) is 18.8. The lowest BCUT2D eigenvalue weighted by Gasteiger charge is -2.26. The average molecular weight is 381 g/mol. The van der Waals surface area contributed by atoms with Crippen LogP contribution in [0.15, 0.2) is 54.1 Å². The molecule has 9 heteroatoms. The quantitative estimate of drug-likeness (QED) is 0.368. The summed E-state index contributed by atoms with van der Waals surface area (Å²) in [6.45, 7) is 2.20. The molecular formula is C19H15N3O6. The molecular weight excluding hydrogens is 366 g/mol. The van der Waals surface area contributed by atoms with Crippen molar-refractivity contribution in [3.05, 3.63) is 69.8 Å². The Morgan fingerprint density at radius 2 is 1.79 bits per heavy atom. The minimum absolute atomic E-state index is 0.101. The molecule has 1 aliphatic heterocycles. The lowest BCUT2D eigenvalue weighted by atomic mass is 10.1. The third-order valence-corrected chi connectivity index (χ3v) is 3.94. The van der Waals surface area contributed by atoms with Gasteiger partial charge in [-0.1, -0.05) is 18.2 Å². The van der Waals surface area contributed by atoms with Crippen molar-refractivity contribution in [3.8, 4) is 5.75 Å². The number of carbonyl (C=O) groups is 3. The molecule has 1 heterocycles. The fourth-order valence-electron chi connectivity index (χ4n) is 2.66. The van der Waals surface area contributed by atoms with Crippen LogP contribution in [0.3, 0.4) is 0 Å². The highest BCUT2D eigenvalue weighted by molar-refractivity contribution is 6.39. The van der Waals surface area contributed by atoms with E-state index in [4.69, 9.17) is 4.74 Å². The highest BCUT2D eigenvalue weighted by Gasteiger charge is 2.37. The van der Waals surface area contributed by atoms with Gasteiger partial charge in [-0.3, -0.25) is 25.0 Å². The zero-order valence-corrected chi connectivity index (χ0v) is 14.7. The summed E-state index contributed by atoms with van der Waals surface area (Å²) in [5.74, 6) is -1.19. The summed E-state index contributed by atoms with van der Waals surface area (Å²) in [4.78, 5) is 48.2. The van der Waals surface area contributed by atoms with Gasteiger partial charge in [0, 0.05) is 17.7 Å². The van der Waals surface area contributed by atoms with Gasteiger partial charge >= 0.3 is 6.03 Å². The molecule has 2 aromatic rings. The number of hydrogen-bond donors (Lipinski definition) is 1. The minimum Gasteiger partial charge on any atom is -0.493 e. The fraction of sp³-hybridized carbons (Fsp3) is 0.105. The standard InChI is InChI=1S/C19H15N3O6/c1-2-28-16-6-4-3-5-12(16)11-15-17(23)20-19(25)21(18(15)24)13-7-9-14(10-8-13)22(26)27/h3-11H,2H2,1H3,(H,20,23,25)/b15-11+. The lowest BCUT2D eigenvalue weighted by molar-refractivity contribution is -0.384. The molecule has 28 heavy (non-hydrogen) atoms. The maximum absolute atomic E-state index is 12.8. The predicted molar refractivity (Wildman–Crippen MR) is 99.7 cm³/mol. The number of urea groups is 1.